The molecule has 3 aliphatic heterocycles. The zero-order valence-electron chi connectivity index (χ0n) is 60.2. The van der Waals surface area contributed by atoms with E-state index in [-0.39, 0.29) is 0 Å². The summed E-state index contributed by atoms with van der Waals surface area (Å²) in [6.07, 6.45) is 38.8. The average molecular weight is 1370 g/mol. The largest absolute Gasteiger partial charge is 0.354 e. The second-order valence-electron chi connectivity index (χ2n) is 29.6. The number of fused-ring (bicyclic) bond motifs is 18. The highest BCUT2D eigenvalue weighted by atomic mass is 14.9. The van der Waals surface area contributed by atoms with Crippen LogP contribution in [0.3, 0.4) is 0 Å². The maximum absolute atomic E-state index is 5.95. The number of aromatic amines is 3. The van der Waals surface area contributed by atoms with Crippen LogP contribution in [0.2, 0.25) is 0 Å². The maximum Gasteiger partial charge on any atom is 0.120 e. The Balaban J connectivity index is 0.919. The van der Waals surface area contributed by atoms with Crippen LogP contribution >= 0.6 is 0 Å². The first-order chi connectivity index (χ1) is 51.9. The highest BCUT2D eigenvalue weighted by Gasteiger charge is 2.26. The van der Waals surface area contributed by atoms with Crippen molar-refractivity contribution < 1.29 is 0 Å². The molecule has 0 saturated heterocycles. The van der Waals surface area contributed by atoms with Gasteiger partial charge in [-0.05, 0) is 181 Å². The lowest BCUT2D eigenvalue weighted by Gasteiger charge is -2.13. The smallest absolute Gasteiger partial charge is 0.120 e. The zero-order chi connectivity index (χ0) is 70.1. The average Bonchev–Trinajstić information content (AvgIpc) is 1.68. The lowest BCUT2D eigenvalue weighted by molar-refractivity contribution is 0.607. The lowest BCUT2D eigenvalue weighted by atomic mass is 9.99. The van der Waals surface area contributed by atoms with Crippen LogP contribution in [0.15, 0.2) is 146 Å². The Labute approximate surface area is 609 Å². The summed E-state index contributed by atoms with van der Waals surface area (Å²) >= 11 is 0. The highest BCUT2D eigenvalue weighted by Crippen LogP contribution is 2.43. The summed E-state index contributed by atoms with van der Waals surface area (Å²) in [4.78, 5) is 64.5. The number of nitrogens with zero attached hydrogens (tertiary/aromatic N) is 9. The molecule has 7 aromatic carbocycles. The molecular weight excluding hydrogens is 1290 g/mol. The van der Waals surface area contributed by atoms with Gasteiger partial charge in [-0.25, -0.2) is 44.9 Å². The summed E-state index contributed by atoms with van der Waals surface area (Å²) in [6.45, 7) is 6.84. The molecular formula is C93H84N12. The Hall–Kier alpha value is -11.4. The fraction of sp³-hybridized carbons (Fsp3) is 0.258. The topological polar surface area (TPSA) is 163 Å². The Morgan fingerprint density at radius 2 is 0.429 bits per heavy atom. The molecule has 0 saturated carbocycles. The van der Waals surface area contributed by atoms with Gasteiger partial charge in [0.25, 0.3) is 0 Å². The van der Waals surface area contributed by atoms with E-state index in [9.17, 15) is 0 Å². The lowest BCUT2D eigenvalue weighted by Crippen LogP contribution is -2.00. The summed E-state index contributed by atoms with van der Waals surface area (Å²) < 4.78 is 0. The summed E-state index contributed by atoms with van der Waals surface area (Å²) in [6, 6.07) is 53.7. The Morgan fingerprint density at radius 1 is 0.200 bits per heavy atom. The first kappa shape index (κ1) is 64.5. The molecule has 12 nitrogen and oxygen atoms in total. The Morgan fingerprint density at radius 3 is 0.705 bits per heavy atom. The van der Waals surface area contributed by atoms with Crippen LogP contribution in [-0.2, 0) is 19.3 Å². The zero-order valence-corrected chi connectivity index (χ0v) is 60.2. The molecule has 24 bridgehead atoms. The van der Waals surface area contributed by atoms with Gasteiger partial charge in [-0.15, -0.1) is 0 Å². The van der Waals surface area contributed by atoms with Gasteiger partial charge in [0.15, 0.2) is 0 Å². The standard InChI is InChI=1S/C93H84N12/c1-4-7-10-13-16-19-22-55-25-31-58(32-26-55)79-73-49-43-67(94-73)61-37-39-63-69-45-51-75(96-69)80(59-33-27-56(28-34-59)23-20-17-14-11-8-5-2)77-53-47-71(98-77)65-41-42-66-72-48-54-78(99-72)81(60-35-29-57(30-36-60)24-21-18-15-12-9-6-3)76-52-46-70(97-76)64-40-38-62(68-44-50-74(79)95-68)83-85(64)103-91-89(101-83)88-90(102-84(63)82(61)100-88)92-93(91)105-87(66)86(65)104-92/h25-54,94,97-98H,4-24H2,1-3H3. The van der Waals surface area contributed by atoms with Crippen molar-refractivity contribution >= 4 is 168 Å². The van der Waals surface area contributed by atoms with Gasteiger partial charge in [0.1, 0.15) is 33.1 Å². The van der Waals surface area contributed by atoms with Gasteiger partial charge in [0.05, 0.1) is 67.3 Å². The van der Waals surface area contributed by atoms with Crippen molar-refractivity contribution in [3.05, 3.63) is 196 Å². The van der Waals surface area contributed by atoms with E-state index in [4.69, 9.17) is 44.9 Å². The van der Waals surface area contributed by atoms with Crippen LogP contribution in [0.1, 0.15) is 187 Å². The molecule has 0 spiro atoms. The second-order valence-corrected chi connectivity index (χ2v) is 29.6. The SMILES string of the molecule is CCCCCCCCc1ccc(-c2c3nc(c4ccc5c6ccc([nH]6)c(-c6ccc(CCCCCCCC)cc6)c6nc(c7ccc8c9ccc([nH]9)c(-c9ccc(CCCCCCCC)cc9)c9nc(c%10ccc(c%11ccc2[nH]%11)c2nc%11c(nc%102)c2nc8c7nc2c2nc5c4nc%112)C=C9)C=C6)C=C3)cc1. The Kier molecular flexibility index (Phi) is 16.8. The van der Waals surface area contributed by atoms with E-state index >= 15 is 0 Å². The van der Waals surface area contributed by atoms with Crippen molar-refractivity contribution in [2.24, 2.45) is 0 Å². The van der Waals surface area contributed by atoms with Crippen LogP contribution in [0.4, 0.5) is 0 Å². The second kappa shape index (κ2) is 27.4. The molecule has 0 fully saturated rings. The predicted molar refractivity (Wildman–Crippen MR) is 440 cm³/mol. The molecule has 0 aliphatic carbocycles. The third-order valence-corrected chi connectivity index (χ3v) is 22.6. The molecule has 0 radical (unpaired) electrons. The van der Waals surface area contributed by atoms with Gasteiger partial charge in [0, 0.05) is 82.1 Å². The monoisotopic (exact) mass is 1370 g/mol. The summed E-state index contributed by atoms with van der Waals surface area (Å²) in [5.74, 6) is 0. The van der Waals surface area contributed by atoms with Crippen molar-refractivity contribution in [1.29, 1.82) is 0 Å². The van der Waals surface area contributed by atoms with Crippen LogP contribution < -0.4 is 0 Å². The fourth-order valence-corrected chi connectivity index (χ4v) is 16.9. The summed E-state index contributed by atoms with van der Waals surface area (Å²) in [5, 5.41) is 5.15. The fourth-order valence-electron chi connectivity index (χ4n) is 16.9. The normalized spacial score (nSPS) is 12.8. The third-order valence-electron chi connectivity index (χ3n) is 22.6. The molecule has 12 heterocycles. The van der Waals surface area contributed by atoms with Crippen LogP contribution in [0, 0.1) is 0 Å². The maximum atomic E-state index is 5.95. The number of rotatable bonds is 24. The third kappa shape index (κ3) is 11.6. The van der Waals surface area contributed by atoms with Gasteiger partial charge in [0.2, 0.25) is 0 Å². The van der Waals surface area contributed by atoms with E-state index < -0.39 is 0 Å². The van der Waals surface area contributed by atoms with Crippen LogP contribution in [0.5, 0.6) is 0 Å². The summed E-state index contributed by atoms with van der Waals surface area (Å²) in [7, 11) is 0. The molecule has 105 heavy (non-hydrogen) atoms. The first-order valence-corrected chi connectivity index (χ1v) is 38.9. The molecule has 16 aromatic rings. The Bertz CT molecular complexity index is 5760. The number of nitrogens with one attached hydrogen (secondary N) is 3. The summed E-state index contributed by atoms with van der Waals surface area (Å²) in [5.41, 5.74) is 28.0. The minimum absolute atomic E-state index is 0.557. The van der Waals surface area contributed by atoms with Gasteiger partial charge >= 0.3 is 0 Å². The van der Waals surface area contributed by atoms with Crippen molar-refractivity contribution in [2.45, 2.75) is 156 Å². The number of hydrogen-bond donors (Lipinski definition) is 3. The molecule has 0 unspecified atom stereocenters. The van der Waals surface area contributed by atoms with E-state index in [2.05, 4.69) is 218 Å². The molecule has 19 rings (SSSR count). The van der Waals surface area contributed by atoms with Crippen molar-refractivity contribution in [3.63, 3.8) is 0 Å². The van der Waals surface area contributed by atoms with E-state index in [0.717, 1.165) is 152 Å². The number of hydrogen-bond acceptors (Lipinski definition) is 9. The van der Waals surface area contributed by atoms with Gasteiger partial charge in [-0.1, -0.05) is 190 Å². The number of aryl methyl sites for hydroxylation is 3. The van der Waals surface area contributed by atoms with Gasteiger partial charge < -0.3 is 15.0 Å². The van der Waals surface area contributed by atoms with E-state index in [1.165, 1.54) is 132 Å². The minimum Gasteiger partial charge on any atom is -0.354 e. The van der Waals surface area contributed by atoms with Gasteiger partial charge in [-0.3, -0.25) is 0 Å². The van der Waals surface area contributed by atoms with Crippen molar-refractivity contribution in [2.75, 3.05) is 0 Å². The van der Waals surface area contributed by atoms with E-state index in [1.807, 2.05) is 0 Å². The molecule has 3 aliphatic rings. The first-order valence-electron chi connectivity index (χ1n) is 38.9. The molecule has 9 aromatic heterocycles. The number of aromatic nitrogens is 12. The van der Waals surface area contributed by atoms with E-state index in [0.29, 0.717) is 66.2 Å². The molecule has 12 heteroatoms. The predicted octanol–water partition coefficient (Wildman–Crippen LogP) is 24.9. The molecule has 0 atom stereocenters. The van der Waals surface area contributed by atoms with Crippen molar-refractivity contribution in [3.8, 4) is 33.4 Å². The number of unbranched alkanes of at least 4 members (excludes halogenated alkanes) is 15. The van der Waals surface area contributed by atoms with Crippen LogP contribution in [0.25, 0.3) is 201 Å². The quantitative estimate of drug-likeness (QED) is 0.0304. The molecule has 0 amide bonds. The van der Waals surface area contributed by atoms with E-state index in [1.54, 1.807) is 0 Å². The number of benzene rings is 7. The molecule has 516 valence electrons. The van der Waals surface area contributed by atoms with Gasteiger partial charge in [-0.2, -0.15) is 0 Å². The highest BCUT2D eigenvalue weighted by molar-refractivity contribution is 6.26. The van der Waals surface area contributed by atoms with Crippen LogP contribution in [-0.4, -0.2) is 59.8 Å². The minimum atomic E-state index is 0.557. The van der Waals surface area contributed by atoms with Crippen molar-refractivity contribution in [1.82, 2.24) is 59.8 Å². The number of H-pyrrole nitrogens is 3. The molecule has 3 N–H and O–H groups in total.